The molecule has 2 aliphatic carbocycles. The number of benzene rings is 1. The summed E-state index contributed by atoms with van der Waals surface area (Å²) in [5, 5.41) is 11.9. The minimum absolute atomic E-state index is 0.0323. The van der Waals surface area contributed by atoms with Crippen LogP contribution in [0.25, 0.3) is 5.57 Å². The molecule has 0 aliphatic heterocycles. The second-order valence-corrected chi connectivity index (χ2v) is 19.7. The summed E-state index contributed by atoms with van der Waals surface area (Å²) < 4.78 is 74.3. The van der Waals surface area contributed by atoms with Gasteiger partial charge in [-0.1, -0.05) is 78.8 Å². The van der Waals surface area contributed by atoms with E-state index in [0.717, 1.165) is 66.6 Å². The number of allylic oxidation sites excluding steroid dienone is 2. The smallest absolute Gasteiger partial charge is 0.410 e. The average molecular weight is 624 g/mol. The maximum atomic E-state index is 14.1. The second-order valence-electron chi connectivity index (χ2n) is 14.9. The summed E-state index contributed by atoms with van der Waals surface area (Å²) >= 11 is 0. The molecule has 4 rings (SSSR count). The van der Waals surface area contributed by atoms with Crippen molar-refractivity contribution in [1.82, 2.24) is 4.98 Å². The molecule has 0 unspecified atom stereocenters. The standard InChI is InChI=1S/C34H46F5NO2Si/c1-20(2)29-28(30(41)22-14-16-23(17-15-22)33(35,36)34(37,38)39)26(21-12-10-11-13-21)27-24(40-29)18-32(6,7)19-25(27)42-43(8,9)31(3,4)5/h12,14-17,20,25,30,41H,10-11,13,18-19H2,1-9H3/t25-,30+/m0/s1. The molecule has 0 saturated heterocycles. The van der Waals surface area contributed by atoms with Crippen LogP contribution in [0.1, 0.15) is 131 Å². The molecule has 238 valence electrons. The van der Waals surface area contributed by atoms with E-state index >= 15 is 0 Å². The van der Waals surface area contributed by atoms with Crippen molar-refractivity contribution in [2.24, 2.45) is 5.41 Å². The zero-order valence-corrected chi connectivity index (χ0v) is 27.8. The van der Waals surface area contributed by atoms with Crippen LogP contribution in [0.2, 0.25) is 18.1 Å². The summed E-state index contributed by atoms with van der Waals surface area (Å²) in [5.41, 5.74) is 4.31. The van der Waals surface area contributed by atoms with Gasteiger partial charge in [0, 0.05) is 28.1 Å². The van der Waals surface area contributed by atoms with Crippen LogP contribution in [0.3, 0.4) is 0 Å². The molecule has 2 atom stereocenters. The number of pyridine rings is 1. The summed E-state index contributed by atoms with van der Waals surface area (Å²) in [7, 11) is -2.24. The SMILES string of the molecule is CC(C)c1nc2c(c(C3=CCCC3)c1[C@H](O)c1ccc(C(F)(F)C(F)(F)F)cc1)[C@@H](O[Si](C)(C)C(C)(C)C)CC(C)(C)C2. The Bertz CT molecular complexity index is 1370. The summed E-state index contributed by atoms with van der Waals surface area (Å²) in [6.07, 6.45) is -0.808. The third-order valence-electron chi connectivity index (χ3n) is 9.46. The lowest BCUT2D eigenvalue weighted by Gasteiger charge is -2.45. The highest BCUT2D eigenvalue weighted by Gasteiger charge is 2.58. The van der Waals surface area contributed by atoms with Crippen LogP contribution >= 0.6 is 0 Å². The number of fused-ring (bicyclic) bond motifs is 1. The van der Waals surface area contributed by atoms with Gasteiger partial charge in [0.05, 0.1) is 6.10 Å². The van der Waals surface area contributed by atoms with Gasteiger partial charge >= 0.3 is 12.1 Å². The number of aliphatic hydroxyl groups is 1. The highest BCUT2D eigenvalue weighted by molar-refractivity contribution is 6.74. The molecular weight excluding hydrogens is 577 g/mol. The third-order valence-corrected chi connectivity index (χ3v) is 13.9. The molecule has 0 bridgehead atoms. The number of aliphatic hydroxyl groups excluding tert-OH is 1. The fourth-order valence-corrected chi connectivity index (χ4v) is 7.36. The second kappa shape index (κ2) is 11.4. The maximum Gasteiger partial charge on any atom is 0.458 e. The number of rotatable bonds is 7. The Kier molecular flexibility index (Phi) is 8.92. The molecule has 2 aliphatic rings. The van der Waals surface area contributed by atoms with Gasteiger partial charge in [0.1, 0.15) is 6.10 Å². The quantitative estimate of drug-likeness (QED) is 0.246. The van der Waals surface area contributed by atoms with E-state index in [-0.39, 0.29) is 28.0 Å². The zero-order valence-electron chi connectivity index (χ0n) is 26.8. The first-order chi connectivity index (χ1) is 19.6. The lowest BCUT2D eigenvalue weighted by molar-refractivity contribution is -0.289. The molecule has 1 N–H and O–H groups in total. The van der Waals surface area contributed by atoms with Gasteiger partial charge in [0.15, 0.2) is 8.32 Å². The van der Waals surface area contributed by atoms with E-state index < -0.39 is 32.1 Å². The summed E-state index contributed by atoms with van der Waals surface area (Å²) in [5.74, 6) is -5.07. The molecule has 0 amide bonds. The first-order valence-electron chi connectivity index (χ1n) is 15.2. The van der Waals surface area contributed by atoms with E-state index in [1.807, 2.05) is 13.8 Å². The van der Waals surface area contributed by atoms with Crippen LogP contribution < -0.4 is 0 Å². The first kappa shape index (κ1) is 33.8. The molecule has 9 heteroatoms. The Hall–Kier alpha value is -2.10. The van der Waals surface area contributed by atoms with Crippen molar-refractivity contribution in [3.05, 3.63) is 69.5 Å². The van der Waals surface area contributed by atoms with Crippen molar-refractivity contribution in [3.8, 4) is 0 Å². The van der Waals surface area contributed by atoms with Gasteiger partial charge < -0.3 is 9.53 Å². The maximum absolute atomic E-state index is 14.1. The minimum Gasteiger partial charge on any atom is -0.410 e. The largest absolute Gasteiger partial charge is 0.458 e. The van der Waals surface area contributed by atoms with Gasteiger partial charge in [-0.05, 0) is 78.3 Å². The topological polar surface area (TPSA) is 42.4 Å². The van der Waals surface area contributed by atoms with Crippen LogP contribution in [0.4, 0.5) is 22.0 Å². The van der Waals surface area contributed by atoms with Crippen molar-refractivity contribution in [1.29, 1.82) is 0 Å². The van der Waals surface area contributed by atoms with Gasteiger partial charge in [-0.25, -0.2) is 0 Å². The van der Waals surface area contributed by atoms with E-state index in [9.17, 15) is 27.1 Å². The van der Waals surface area contributed by atoms with Gasteiger partial charge in [-0.15, -0.1) is 0 Å². The number of alkyl halides is 5. The van der Waals surface area contributed by atoms with Crippen molar-refractivity contribution in [3.63, 3.8) is 0 Å². The molecule has 0 fully saturated rings. The number of nitrogens with zero attached hydrogens (tertiary/aromatic N) is 1. The van der Waals surface area contributed by atoms with E-state index in [4.69, 9.17) is 9.41 Å². The van der Waals surface area contributed by atoms with Crippen LogP contribution in [0.15, 0.2) is 30.3 Å². The number of hydrogen-bond donors (Lipinski definition) is 1. The monoisotopic (exact) mass is 623 g/mol. The van der Waals surface area contributed by atoms with Gasteiger partial charge in [-0.2, -0.15) is 22.0 Å². The van der Waals surface area contributed by atoms with Crippen molar-refractivity contribution in [2.45, 2.75) is 129 Å². The zero-order chi connectivity index (χ0) is 32.3. The van der Waals surface area contributed by atoms with Gasteiger partial charge in [-0.3, -0.25) is 4.98 Å². The van der Waals surface area contributed by atoms with Gasteiger partial charge in [0.2, 0.25) is 0 Å². The van der Waals surface area contributed by atoms with Crippen molar-refractivity contribution >= 4 is 13.9 Å². The molecule has 2 aromatic rings. The van der Waals surface area contributed by atoms with Crippen molar-refractivity contribution < 1.29 is 31.5 Å². The Labute approximate surface area is 254 Å². The molecule has 1 heterocycles. The Balaban J connectivity index is 1.96. The molecule has 3 nitrogen and oxygen atoms in total. The van der Waals surface area contributed by atoms with E-state index in [1.165, 1.54) is 12.1 Å². The van der Waals surface area contributed by atoms with Crippen molar-refractivity contribution in [2.75, 3.05) is 0 Å². The molecule has 43 heavy (non-hydrogen) atoms. The highest BCUT2D eigenvalue weighted by Crippen LogP contribution is 2.52. The minimum atomic E-state index is -5.71. The van der Waals surface area contributed by atoms with E-state index in [0.29, 0.717) is 11.3 Å². The lowest BCUT2D eigenvalue weighted by Crippen LogP contribution is -2.44. The fraction of sp³-hybridized carbons (Fsp3) is 0.618. The Morgan fingerprint density at radius 2 is 1.63 bits per heavy atom. The first-order valence-corrected chi connectivity index (χ1v) is 18.1. The Morgan fingerprint density at radius 1 is 1.02 bits per heavy atom. The summed E-state index contributed by atoms with van der Waals surface area (Å²) in [4.78, 5) is 5.20. The predicted molar refractivity (Wildman–Crippen MR) is 164 cm³/mol. The third kappa shape index (κ3) is 6.50. The van der Waals surface area contributed by atoms with E-state index in [1.54, 1.807) is 0 Å². The molecule has 0 saturated carbocycles. The number of aromatic nitrogens is 1. The molecule has 1 aromatic carbocycles. The summed E-state index contributed by atoms with van der Waals surface area (Å²) in [6.45, 7) is 19.5. The number of halogens is 5. The molecular formula is C34H46F5NO2Si. The molecule has 1 aromatic heterocycles. The average Bonchev–Trinajstić information content (AvgIpc) is 3.39. The van der Waals surface area contributed by atoms with Crippen LogP contribution in [-0.4, -0.2) is 24.6 Å². The van der Waals surface area contributed by atoms with Crippen LogP contribution in [0, 0.1) is 5.41 Å². The normalized spacial score (nSPS) is 20.3. The Morgan fingerprint density at radius 3 is 2.12 bits per heavy atom. The molecule has 0 radical (unpaired) electrons. The van der Waals surface area contributed by atoms with Gasteiger partial charge in [0.25, 0.3) is 0 Å². The van der Waals surface area contributed by atoms with Crippen LogP contribution in [-0.2, 0) is 16.8 Å². The van der Waals surface area contributed by atoms with E-state index in [2.05, 4.69) is 53.8 Å². The fourth-order valence-electron chi connectivity index (χ4n) is 6.09. The summed E-state index contributed by atoms with van der Waals surface area (Å²) in [6, 6.07) is 3.85. The van der Waals surface area contributed by atoms with Crippen LogP contribution in [0.5, 0.6) is 0 Å². The number of hydrogen-bond acceptors (Lipinski definition) is 3. The lowest BCUT2D eigenvalue weighted by atomic mass is 9.71. The highest BCUT2D eigenvalue weighted by atomic mass is 28.4. The predicted octanol–water partition coefficient (Wildman–Crippen LogP) is 10.5. The molecule has 0 spiro atoms.